The van der Waals surface area contributed by atoms with E-state index in [9.17, 15) is 9.59 Å². The SMILES string of the molecule is C=CC(=O)Nc1cnn(CC2CCOC2)c1-c1cc2c(cn1)CN(c1c(F)c(OC)cc(OC)c1F)C[C@@]21CC1=O. The zero-order valence-electron chi connectivity index (χ0n) is 22.7. The first-order valence-electron chi connectivity index (χ1n) is 13.2. The van der Waals surface area contributed by atoms with E-state index in [1.807, 2.05) is 6.07 Å². The summed E-state index contributed by atoms with van der Waals surface area (Å²) < 4.78 is 48.3. The Morgan fingerprint density at radius 2 is 1.98 bits per heavy atom. The molecule has 10 nitrogen and oxygen atoms in total. The van der Waals surface area contributed by atoms with E-state index in [1.165, 1.54) is 25.2 Å². The predicted molar refractivity (Wildman–Crippen MR) is 145 cm³/mol. The fraction of sp³-hybridized carbons (Fsp3) is 0.379. The van der Waals surface area contributed by atoms with E-state index < -0.39 is 23.0 Å². The van der Waals surface area contributed by atoms with Crippen LogP contribution in [0.4, 0.5) is 20.2 Å². The summed E-state index contributed by atoms with van der Waals surface area (Å²) in [6.45, 7) is 5.57. The number of hydrogen-bond donors (Lipinski definition) is 1. The molecule has 1 aliphatic carbocycles. The lowest BCUT2D eigenvalue weighted by Crippen LogP contribution is -2.40. The smallest absolute Gasteiger partial charge is 0.247 e. The average Bonchev–Trinajstić information content (AvgIpc) is 3.29. The Labute approximate surface area is 234 Å². The first-order chi connectivity index (χ1) is 19.8. The number of amides is 1. The van der Waals surface area contributed by atoms with Gasteiger partial charge in [0.15, 0.2) is 23.1 Å². The molecule has 6 rings (SSSR count). The van der Waals surface area contributed by atoms with Crippen molar-refractivity contribution in [2.45, 2.75) is 31.3 Å². The Balaban J connectivity index is 1.42. The molecule has 214 valence electrons. The zero-order valence-corrected chi connectivity index (χ0v) is 22.7. The number of nitrogens with zero attached hydrogens (tertiary/aromatic N) is 4. The Morgan fingerprint density at radius 3 is 2.59 bits per heavy atom. The normalized spacial score (nSPS) is 21.1. The maximum Gasteiger partial charge on any atom is 0.247 e. The lowest BCUT2D eigenvalue weighted by atomic mass is 9.86. The molecule has 1 saturated carbocycles. The highest BCUT2D eigenvalue weighted by Crippen LogP contribution is 2.52. The number of fused-ring (bicyclic) bond motifs is 2. The summed E-state index contributed by atoms with van der Waals surface area (Å²) in [6.07, 6.45) is 5.47. The highest BCUT2D eigenvalue weighted by molar-refractivity contribution is 6.08. The number of ketones is 1. The van der Waals surface area contributed by atoms with Gasteiger partial charge in [-0.05, 0) is 29.7 Å². The van der Waals surface area contributed by atoms with Crippen molar-refractivity contribution in [2.24, 2.45) is 5.92 Å². The van der Waals surface area contributed by atoms with Crippen LogP contribution in [-0.2, 0) is 32.8 Å². The minimum absolute atomic E-state index is 0.0342. The standard InChI is InChI=1S/C29H29F2N5O5/c1-4-24(38)34-20-11-33-36(12-16-5-6-41-14-16)27(20)19-7-18-17(10-32-19)13-35(15-29(18)9-23(29)37)28-25(30)21(39-2)8-22(40-3)26(28)31/h4,7-8,10-11,16H,1,5-6,9,12-15H2,2-3H3,(H,34,38)/t16?,29-/m0/s1. The maximum atomic E-state index is 15.4. The van der Waals surface area contributed by atoms with Gasteiger partial charge in [-0.3, -0.25) is 19.3 Å². The molecule has 1 N–H and O–H groups in total. The number of benzene rings is 1. The second-order valence-corrected chi connectivity index (χ2v) is 10.5. The number of aromatic nitrogens is 3. The third-order valence-electron chi connectivity index (χ3n) is 8.04. The van der Waals surface area contributed by atoms with E-state index in [1.54, 1.807) is 17.1 Å². The summed E-state index contributed by atoms with van der Waals surface area (Å²) in [6, 6.07) is 2.99. The van der Waals surface area contributed by atoms with Crippen molar-refractivity contribution in [1.82, 2.24) is 14.8 Å². The molecule has 0 bridgehead atoms. The highest BCUT2D eigenvalue weighted by atomic mass is 19.1. The summed E-state index contributed by atoms with van der Waals surface area (Å²) in [7, 11) is 2.58. The van der Waals surface area contributed by atoms with Crippen molar-refractivity contribution in [3.8, 4) is 22.9 Å². The first kappa shape index (κ1) is 26.9. The van der Waals surface area contributed by atoms with E-state index in [-0.39, 0.29) is 48.4 Å². The van der Waals surface area contributed by atoms with Gasteiger partial charge >= 0.3 is 0 Å². The van der Waals surface area contributed by atoms with Crippen molar-refractivity contribution in [3.63, 3.8) is 0 Å². The molecule has 0 radical (unpaired) electrons. The van der Waals surface area contributed by atoms with Crippen LogP contribution in [0.15, 0.2) is 37.2 Å². The van der Waals surface area contributed by atoms with Crippen molar-refractivity contribution in [2.75, 3.05) is 44.2 Å². The van der Waals surface area contributed by atoms with Gasteiger partial charge < -0.3 is 24.4 Å². The second kappa shape index (κ2) is 10.3. The van der Waals surface area contributed by atoms with Crippen LogP contribution in [0.5, 0.6) is 11.5 Å². The largest absolute Gasteiger partial charge is 0.493 e. The summed E-state index contributed by atoms with van der Waals surface area (Å²) in [5.74, 6) is -2.24. The molecule has 1 unspecified atom stereocenters. The molecule has 1 spiro atoms. The molecule has 1 saturated heterocycles. The Hall–Kier alpha value is -4.32. The number of pyridine rings is 1. The highest BCUT2D eigenvalue weighted by Gasteiger charge is 2.59. The predicted octanol–water partition coefficient (Wildman–Crippen LogP) is 3.63. The van der Waals surface area contributed by atoms with E-state index in [2.05, 4.69) is 22.0 Å². The number of halogens is 2. The fourth-order valence-corrected chi connectivity index (χ4v) is 5.83. The molecule has 3 aliphatic rings. The van der Waals surface area contributed by atoms with E-state index in [4.69, 9.17) is 14.2 Å². The van der Waals surface area contributed by atoms with Gasteiger partial charge in [0, 0.05) is 50.8 Å². The molecule has 12 heteroatoms. The van der Waals surface area contributed by atoms with Gasteiger partial charge in [-0.25, -0.2) is 8.78 Å². The number of ether oxygens (including phenoxy) is 3. The number of nitrogens with one attached hydrogen (secondary N) is 1. The van der Waals surface area contributed by atoms with Crippen LogP contribution >= 0.6 is 0 Å². The van der Waals surface area contributed by atoms with Gasteiger partial charge in [0.1, 0.15) is 17.2 Å². The number of anilines is 2. The molecular weight excluding hydrogens is 536 g/mol. The van der Waals surface area contributed by atoms with E-state index in [0.717, 1.165) is 18.1 Å². The third-order valence-corrected chi connectivity index (χ3v) is 8.04. The number of carbonyl (C=O) groups is 2. The Bertz CT molecular complexity index is 1540. The lowest BCUT2D eigenvalue weighted by Gasteiger charge is -2.36. The van der Waals surface area contributed by atoms with Crippen molar-refractivity contribution in [1.29, 1.82) is 0 Å². The quantitative estimate of drug-likeness (QED) is 0.413. The molecule has 3 aromatic rings. The lowest BCUT2D eigenvalue weighted by molar-refractivity contribution is -0.112. The summed E-state index contributed by atoms with van der Waals surface area (Å²) in [5.41, 5.74) is 1.72. The van der Waals surface area contributed by atoms with Crippen molar-refractivity contribution in [3.05, 3.63) is 59.9 Å². The van der Waals surface area contributed by atoms with Gasteiger partial charge in [0.05, 0.1) is 43.8 Å². The monoisotopic (exact) mass is 565 g/mol. The minimum atomic E-state index is -0.949. The van der Waals surface area contributed by atoms with Crippen molar-refractivity contribution >= 4 is 23.1 Å². The topological polar surface area (TPSA) is 108 Å². The minimum Gasteiger partial charge on any atom is -0.493 e. The number of carbonyl (C=O) groups excluding carboxylic acids is 2. The van der Waals surface area contributed by atoms with E-state index >= 15 is 8.78 Å². The molecular formula is C29H29F2N5O5. The van der Waals surface area contributed by atoms with Crippen LogP contribution in [0.3, 0.4) is 0 Å². The van der Waals surface area contributed by atoms with Crippen LogP contribution in [-0.4, -0.2) is 60.4 Å². The molecule has 2 aromatic heterocycles. The Morgan fingerprint density at radius 1 is 1.24 bits per heavy atom. The molecule has 2 fully saturated rings. The molecule has 2 aliphatic heterocycles. The second-order valence-electron chi connectivity index (χ2n) is 10.5. The number of Topliss-reactive ketones (excluding diaryl/α,β-unsaturated/α-hetero) is 1. The third kappa shape index (κ3) is 4.51. The fourth-order valence-electron chi connectivity index (χ4n) is 5.83. The van der Waals surface area contributed by atoms with Gasteiger partial charge in [-0.2, -0.15) is 5.10 Å². The van der Waals surface area contributed by atoms with Gasteiger partial charge in [-0.15, -0.1) is 0 Å². The maximum absolute atomic E-state index is 15.4. The van der Waals surface area contributed by atoms with Gasteiger partial charge in [-0.1, -0.05) is 6.58 Å². The van der Waals surface area contributed by atoms with Crippen LogP contribution < -0.4 is 19.7 Å². The number of rotatable bonds is 8. The van der Waals surface area contributed by atoms with Crippen LogP contribution in [0, 0.1) is 17.6 Å². The molecule has 41 heavy (non-hydrogen) atoms. The summed E-state index contributed by atoms with van der Waals surface area (Å²) in [5, 5.41) is 7.31. The van der Waals surface area contributed by atoms with Crippen LogP contribution in [0.1, 0.15) is 24.0 Å². The molecule has 2 atom stereocenters. The van der Waals surface area contributed by atoms with Crippen LogP contribution in [0.25, 0.3) is 11.4 Å². The van der Waals surface area contributed by atoms with Crippen LogP contribution in [0.2, 0.25) is 0 Å². The van der Waals surface area contributed by atoms with Gasteiger partial charge in [0.2, 0.25) is 5.91 Å². The summed E-state index contributed by atoms with van der Waals surface area (Å²) >= 11 is 0. The zero-order chi connectivity index (χ0) is 28.9. The number of hydrogen-bond acceptors (Lipinski definition) is 8. The van der Waals surface area contributed by atoms with Crippen molar-refractivity contribution < 1.29 is 32.6 Å². The van der Waals surface area contributed by atoms with Gasteiger partial charge in [0.25, 0.3) is 0 Å². The number of methoxy groups -OCH3 is 2. The average molecular weight is 566 g/mol. The Kier molecular flexibility index (Phi) is 6.72. The van der Waals surface area contributed by atoms with E-state index in [0.29, 0.717) is 42.4 Å². The molecule has 4 heterocycles. The molecule has 1 amide bonds. The summed E-state index contributed by atoms with van der Waals surface area (Å²) in [4.78, 5) is 31.4. The molecule has 1 aromatic carbocycles. The first-order valence-corrected chi connectivity index (χ1v) is 13.2.